The molecule has 2 aromatic rings. The van der Waals surface area contributed by atoms with Gasteiger partial charge in [-0.2, -0.15) is 13.2 Å². The fourth-order valence-corrected chi connectivity index (χ4v) is 2.37. The van der Waals surface area contributed by atoms with Crippen molar-refractivity contribution < 1.29 is 27.5 Å². The number of nitrogens with one attached hydrogen (secondary N) is 2. The summed E-state index contributed by atoms with van der Waals surface area (Å²) in [5, 5.41) is 2.97. The van der Waals surface area contributed by atoms with E-state index in [9.17, 15) is 22.8 Å². The normalized spacial score (nSPS) is 13.0. The molecule has 2 N–H and O–H groups in total. The molecule has 0 bridgehead atoms. The summed E-state index contributed by atoms with van der Waals surface area (Å²) in [4.78, 5) is 27.4. The quantitative estimate of drug-likeness (QED) is 0.626. The molecule has 5 nitrogen and oxygen atoms in total. The maximum absolute atomic E-state index is 12.4. The highest BCUT2D eigenvalue weighted by Crippen LogP contribution is 2.22. The van der Waals surface area contributed by atoms with Crippen molar-refractivity contribution in [3.05, 3.63) is 35.5 Å². The van der Waals surface area contributed by atoms with Gasteiger partial charge in [0.2, 0.25) is 0 Å². The lowest BCUT2D eigenvalue weighted by molar-refractivity contribution is -0.175. The third-order valence-corrected chi connectivity index (χ3v) is 3.34. The maximum Gasteiger partial charge on any atom is 0.411 e. The van der Waals surface area contributed by atoms with Crippen LogP contribution in [0.4, 0.5) is 13.2 Å². The second kappa shape index (κ2) is 7.04. The van der Waals surface area contributed by atoms with E-state index in [4.69, 9.17) is 0 Å². The number of para-hydroxylation sites is 1. The molecule has 0 aliphatic rings. The highest BCUT2D eigenvalue weighted by Gasteiger charge is 2.28. The first kappa shape index (κ1) is 18.0. The molecule has 1 aromatic carbocycles. The topological polar surface area (TPSA) is 71.2 Å². The number of hydrogen-bond acceptors (Lipinski definition) is 3. The third-order valence-electron chi connectivity index (χ3n) is 3.34. The number of Topliss-reactive ketones (excluding diaryl/α,β-unsaturated/α-hetero) is 1. The Hall–Kier alpha value is -2.35. The van der Waals surface area contributed by atoms with Crippen LogP contribution in [0.15, 0.2) is 24.3 Å². The van der Waals surface area contributed by atoms with Crippen molar-refractivity contribution in [2.75, 3.05) is 13.2 Å². The zero-order valence-corrected chi connectivity index (χ0v) is 13.2. The number of benzene rings is 1. The van der Waals surface area contributed by atoms with Gasteiger partial charge in [0, 0.05) is 22.6 Å². The molecule has 0 saturated carbocycles. The number of hydrogen-bond donors (Lipinski definition) is 2. The molecule has 1 aromatic heterocycles. The van der Waals surface area contributed by atoms with E-state index in [2.05, 4.69) is 15.0 Å². The molecule has 24 heavy (non-hydrogen) atoms. The van der Waals surface area contributed by atoms with Crippen LogP contribution in [0.1, 0.15) is 23.0 Å². The number of aryl methyl sites for hydroxylation is 1. The number of fused-ring (bicyclic) bond motifs is 1. The average Bonchev–Trinajstić information content (AvgIpc) is 2.80. The first-order valence-electron chi connectivity index (χ1n) is 7.26. The predicted molar refractivity (Wildman–Crippen MR) is 81.8 cm³/mol. The van der Waals surface area contributed by atoms with Crippen LogP contribution < -0.4 is 5.32 Å². The van der Waals surface area contributed by atoms with E-state index in [0.29, 0.717) is 11.1 Å². The van der Waals surface area contributed by atoms with Crippen molar-refractivity contribution in [2.24, 2.45) is 0 Å². The molecule has 0 spiro atoms. The minimum absolute atomic E-state index is 0.256. The lowest BCUT2D eigenvalue weighted by Gasteiger charge is -2.14. The van der Waals surface area contributed by atoms with Crippen molar-refractivity contribution >= 4 is 22.6 Å². The van der Waals surface area contributed by atoms with Crippen LogP contribution in [-0.2, 0) is 9.53 Å². The zero-order valence-electron chi connectivity index (χ0n) is 13.2. The smallest absolute Gasteiger partial charge is 0.370 e. The number of ketones is 1. The van der Waals surface area contributed by atoms with Crippen molar-refractivity contribution in [2.45, 2.75) is 26.1 Å². The number of alkyl halides is 3. The molecule has 130 valence electrons. The summed E-state index contributed by atoms with van der Waals surface area (Å²) < 4.78 is 40.5. The molecule has 1 atom stereocenters. The first-order chi connectivity index (χ1) is 11.2. The van der Waals surface area contributed by atoms with Crippen LogP contribution in [0, 0.1) is 6.92 Å². The van der Waals surface area contributed by atoms with Gasteiger partial charge in [0.15, 0.2) is 0 Å². The van der Waals surface area contributed by atoms with E-state index < -0.39 is 30.5 Å². The van der Waals surface area contributed by atoms with Crippen molar-refractivity contribution in [3.8, 4) is 0 Å². The fourth-order valence-electron chi connectivity index (χ4n) is 2.37. The van der Waals surface area contributed by atoms with Crippen LogP contribution in [0.2, 0.25) is 0 Å². The number of ether oxygens (including phenoxy) is 1. The zero-order chi connectivity index (χ0) is 17.9. The minimum Gasteiger partial charge on any atom is -0.370 e. The summed E-state index contributed by atoms with van der Waals surface area (Å²) in [6.45, 7) is 1.40. The van der Waals surface area contributed by atoms with E-state index >= 15 is 0 Å². The molecular weight excluding hydrogens is 325 g/mol. The van der Waals surface area contributed by atoms with Crippen LogP contribution in [0.3, 0.4) is 0 Å². The van der Waals surface area contributed by atoms with Gasteiger partial charge in [-0.25, -0.2) is 0 Å². The first-order valence-corrected chi connectivity index (χ1v) is 7.26. The van der Waals surface area contributed by atoms with Gasteiger partial charge in [-0.15, -0.1) is 0 Å². The lowest BCUT2D eigenvalue weighted by Crippen LogP contribution is -2.40. The predicted octanol–water partition coefficient (Wildman–Crippen LogP) is 2.74. The van der Waals surface area contributed by atoms with E-state index in [1.165, 1.54) is 6.92 Å². The SMILES string of the molecule is Cc1[nH]c2ccccc2c1C(=O)C(=O)N[C@H](C)COCC(F)(F)F. The summed E-state index contributed by atoms with van der Waals surface area (Å²) >= 11 is 0. The second-order valence-electron chi connectivity index (χ2n) is 5.50. The third kappa shape index (κ3) is 4.35. The van der Waals surface area contributed by atoms with Gasteiger partial charge in [0.1, 0.15) is 6.61 Å². The molecule has 0 radical (unpaired) electrons. The van der Waals surface area contributed by atoms with Gasteiger partial charge in [-0.05, 0) is 19.9 Å². The number of amides is 1. The number of aromatic amines is 1. The molecule has 1 amide bonds. The molecule has 0 fully saturated rings. The highest BCUT2D eigenvalue weighted by molar-refractivity contribution is 6.45. The summed E-state index contributed by atoms with van der Waals surface area (Å²) in [5.41, 5.74) is 1.54. The maximum atomic E-state index is 12.4. The Morgan fingerprint density at radius 3 is 2.62 bits per heavy atom. The summed E-state index contributed by atoms with van der Waals surface area (Å²) in [5.74, 6) is -1.63. The van der Waals surface area contributed by atoms with E-state index in [0.717, 1.165) is 5.52 Å². The molecule has 2 rings (SSSR count). The highest BCUT2D eigenvalue weighted by atomic mass is 19.4. The Kier molecular flexibility index (Phi) is 5.28. The van der Waals surface area contributed by atoms with E-state index in [1.54, 1.807) is 31.2 Å². The van der Waals surface area contributed by atoms with Gasteiger partial charge < -0.3 is 15.0 Å². The Morgan fingerprint density at radius 2 is 1.96 bits per heavy atom. The molecular formula is C16H17F3N2O3. The summed E-state index contributed by atoms with van der Waals surface area (Å²) in [7, 11) is 0. The number of aromatic nitrogens is 1. The molecule has 8 heteroatoms. The van der Waals surface area contributed by atoms with Crippen LogP contribution in [0.5, 0.6) is 0 Å². The van der Waals surface area contributed by atoms with Gasteiger partial charge in [-0.3, -0.25) is 9.59 Å². The Morgan fingerprint density at radius 1 is 1.29 bits per heavy atom. The van der Waals surface area contributed by atoms with Crippen LogP contribution >= 0.6 is 0 Å². The minimum atomic E-state index is -4.43. The Balaban J connectivity index is 2.01. The number of halogens is 3. The van der Waals surface area contributed by atoms with Crippen molar-refractivity contribution in [1.82, 2.24) is 10.3 Å². The second-order valence-corrected chi connectivity index (χ2v) is 5.50. The number of carbonyl (C=O) groups is 2. The molecule has 0 saturated heterocycles. The van der Waals surface area contributed by atoms with Gasteiger partial charge in [-0.1, -0.05) is 18.2 Å². The molecule has 0 unspecified atom stereocenters. The molecule has 0 aliphatic carbocycles. The largest absolute Gasteiger partial charge is 0.411 e. The number of carbonyl (C=O) groups excluding carboxylic acids is 2. The van der Waals surface area contributed by atoms with Crippen LogP contribution in [-0.4, -0.2) is 42.1 Å². The van der Waals surface area contributed by atoms with E-state index in [1.807, 2.05) is 0 Å². The van der Waals surface area contributed by atoms with Gasteiger partial charge in [0.25, 0.3) is 11.7 Å². The molecule has 0 aliphatic heterocycles. The van der Waals surface area contributed by atoms with Crippen LogP contribution in [0.25, 0.3) is 10.9 Å². The van der Waals surface area contributed by atoms with Gasteiger partial charge >= 0.3 is 6.18 Å². The van der Waals surface area contributed by atoms with E-state index in [-0.39, 0.29) is 12.2 Å². The Bertz CT molecular complexity index is 753. The molecule has 1 heterocycles. The van der Waals surface area contributed by atoms with Crippen molar-refractivity contribution in [3.63, 3.8) is 0 Å². The Labute approximate surface area is 136 Å². The van der Waals surface area contributed by atoms with Crippen molar-refractivity contribution in [1.29, 1.82) is 0 Å². The standard InChI is InChI=1S/C16H17F3N2O3/c1-9(7-24-8-16(17,18)19)20-15(23)14(22)13-10(2)21-12-6-4-3-5-11(12)13/h3-6,9,21H,7-8H2,1-2H3,(H,20,23)/t9-/m1/s1. The summed E-state index contributed by atoms with van der Waals surface area (Å²) in [6.07, 6.45) is -4.43. The lowest BCUT2D eigenvalue weighted by atomic mass is 10.1. The van der Waals surface area contributed by atoms with Gasteiger partial charge in [0.05, 0.1) is 12.2 Å². The summed E-state index contributed by atoms with van der Waals surface area (Å²) in [6, 6.07) is 6.32. The monoisotopic (exact) mass is 342 g/mol. The number of rotatable bonds is 6. The fraction of sp³-hybridized carbons (Fsp3) is 0.375. The number of H-pyrrole nitrogens is 1. The average molecular weight is 342 g/mol.